The SMILES string of the molecule is CCCCCCCCCCOC(=O)CC(=O)OCCC(C)C. The fraction of sp³-hybridized carbons (Fsp3) is 0.889. The highest BCUT2D eigenvalue weighted by atomic mass is 16.6. The van der Waals surface area contributed by atoms with Gasteiger partial charge in [-0.25, -0.2) is 0 Å². The second-order valence-electron chi connectivity index (χ2n) is 6.28. The third-order valence-electron chi connectivity index (χ3n) is 3.51. The van der Waals surface area contributed by atoms with E-state index in [0.717, 1.165) is 19.3 Å². The maximum atomic E-state index is 11.4. The molecule has 0 fully saturated rings. The molecule has 0 heterocycles. The molecular weight excluding hydrogens is 280 g/mol. The molecule has 0 spiro atoms. The summed E-state index contributed by atoms with van der Waals surface area (Å²) in [7, 11) is 0. The van der Waals surface area contributed by atoms with Crippen LogP contribution in [0.3, 0.4) is 0 Å². The Labute approximate surface area is 135 Å². The van der Waals surface area contributed by atoms with Crippen molar-refractivity contribution >= 4 is 11.9 Å². The van der Waals surface area contributed by atoms with Gasteiger partial charge in [-0.05, 0) is 18.8 Å². The summed E-state index contributed by atoms with van der Waals surface area (Å²) in [6, 6.07) is 0. The Hall–Kier alpha value is -1.06. The standard InChI is InChI=1S/C18H34O4/c1-4-5-6-7-8-9-10-11-13-21-17(19)15-18(20)22-14-12-16(2)3/h16H,4-15H2,1-3H3. The number of carbonyl (C=O) groups is 2. The molecule has 0 radical (unpaired) electrons. The number of rotatable bonds is 14. The molecule has 0 atom stereocenters. The molecule has 0 aromatic rings. The highest BCUT2D eigenvalue weighted by Crippen LogP contribution is 2.08. The molecule has 0 rings (SSSR count). The third-order valence-corrected chi connectivity index (χ3v) is 3.51. The van der Waals surface area contributed by atoms with E-state index in [4.69, 9.17) is 9.47 Å². The molecule has 0 aliphatic heterocycles. The van der Waals surface area contributed by atoms with Crippen molar-refractivity contribution in [3.63, 3.8) is 0 Å². The molecule has 0 N–H and O–H groups in total. The van der Waals surface area contributed by atoms with Gasteiger partial charge in [0.25, 0.3) is 0 Å². The molecule has 0 aromatic carbocycles. The first kappa shape index (κ1) is 20.9. The van der Waals surface area contributed by atoms with Crippen LogP contribution in [0.15, 0.2) is 0 Å². The van der Waals surface area contributed by atoms with Gasteiger partial charge in [-0.3, -0.25) is 9.59 Å². The second kappa shape index (κ2) is 14.9. The van der Waals surface area contributed by atoms with Crippen molar-refractivity contribution in [3.8, 4) is 0 Å². The minimum Gasteiger partial charge on any atom is -0.465 e. The van der Waals surface area contributed by atoms with E-state index in [1.807, 2.05) is 0 Å². The van der Waals surface area contributed by atoms with E-state index in [-0.39, 0.29) is 6.42 Å². The first-order chi connectivity index (χ1) is 10.6. The van der Waals surface area contributed by atoms with Crippen molar-refractivity contribution in [1.29, 1.82) is 0 Å². The minimum absolute atomic E-state index is 0.269. The summed E-state index contributed by atoms with van der Waals surface area (Å²) in [5.41, 5.74) is 0. The zero-order valence-electron chi connectivity index (χ0n) is 14.7. The molecule has 0 aliphatic rings. The van der Waals surface area contributed by atoms with E-state index in [2.05, 4.69) is 20.8 Å². The van der Waals surface area contributed by atoms with Crippen molar-refractivity contribution in [1.82, 2.24) is 0 Å². The lowest BCUT2D eigenvalue weighted by molar-refractivity contribution is -0.154. The van der Waals surface area contributed by atoms with E-state index in [0.29, 0.717) is 19.1 Å². The smallest absolute Gasteiger partial charge is 0.317 e. The van der Waals surface area contributed by atoms with Gasteiger partial charge in [0.15, 0.2) is 0 Å². The maximum absolute atomic E-state index is 11.4. The van der Waals surface area contributed by atoms with Crippen LogP contribution in [0, 0.1) is 5.92 Å². The molecule has 22 heavy (non-hydrogen) atoms. The lowest BCUT2D eigenvalue weighted by Crippen LogP contribution is -2.15. The average Bonchev–Trinajstić information content (AvgIpc) is 2.45. The maximum Gasteiger partial charge on any atom is 0.317 e. The quantitative estimate of drug-likeness (QED) is 0.266. The highest BCUT2D eigenvalue weighted by molar-refractivity contribution is 5.91. The minimum atomic E-state index is -0.485. The van der Waals surface area contributed by atoms with Crippen LogP contribution in [0.1, 0.15) is 85.0 Å². The number of carbonyl (C=O) groups excluding carboxylic acids is 2. The number of esters is 2. The zero-order valence-corrected chi connectivity index (χ0v) is 14.7. The number of ether oxygens (including phenoxy) is 2. The average molecular weight is 314 g/mol. The van der Waals surface area contributed by atoms with Crippen LogP contribution in [0.5, 0.6) is 0 Å². The Bertz CT molecular complexity index is 287. The van der Waals surface area contributed by atoms with Crippen LogP contribution in [0.4, 0.5) is 0 Å². The van der Waals surface area contributed by atoms with Crippen LogP contribution < -0.4 is 0 Å². The lowest BCUT2D eigenvalue weighted by Gasteiger charge is -2.07. The number of hydrogen-bond acceptors (Lipinski definition) is 4. The molecule has 0 bridgehead atoms. The molecule has 0 aliphatic carbocycles. The fourth-order valence-corrected chi connectivity index (χ4v) is 2.05. The van der Waals surface area contributed by atoms with E-state index >= 15 is 0 Å². The molecular formula is C18H34O4. The molecule has 130 valence electrons. The fourth-order valence-electron chi connectivity index (χ4n) is 2.05. The van der Waals surface area contributed by atoms with Crippen molar-refractivity contribution < 1.29 is 19.1 Å². The van der Waals surface area contributed by atoms with Gasteiger partial charge in [0.1, 0.15) is 6.42 Å². The monoisotopic (exact) mass is 314 g/mol. The van der Waals surface area contributed by atoms with Gasteiger partial charge in [-0.2, -0.15) is 0 Å². The summed E-state index contributed by atoms with van der Waals surface area (Å²) in [5.74, 6) is -0.471. The highest BCUT2D eigenvalue weighted by Gasteiger charge is 2.11. The molecule has 0 amide bonds. The van der Waals surface area contributed by atoms with Gasteiger partial charge >= 0.3 is 11.9 Å². The summed E-state index contributed by atoms with van der Waals surface area (Å²) < 4.78 is 10.0. The number of unbranched alkanes of at least 4 members (excludes halogenated alkanes) is 7. The molecule has 4 nitrogen and oxygen atoms in total. The Morgan fingerprint density at radius 1 is 0.773 bits per heavy atom. The van der Waals surface area contributed by atoms with E-state index in [1.54, 1.807) is 0 Å². The summed E-state index contributed by atoms with van der Waals surface area (Å²) in [6.07, 6.45) is 10.2. The topological polar surface area (TPSA) is 52.6 Å². The van der Waals surface area contributed by atoms with Crippen molar-refractivity contribution in [2.24, 2.45) is 5.92 Å². The van der Waals surface area contributed by atoms with Crippen LogP contribution in [0.2, 0.25) is 0 Å². The zero-order chi connectivity index (χ0) is 16.6. The Morgan fingerprint density at radius 3 is 1.82 bits per heavy atom. The second-order valence-corrected chi connectivity index (χ2v) is 6.28. The molecule has 0 aromatic heterocycles. The summed E-state index contributed by atoms with van der Waals surface area (Å²) >= 11 is 0. The van der Waals surface area contributed by atoms with Gasteiger partial charge in [-0.15, -0.1) is 0 Å². The first-order valence-corrected chi connectivity index (χ1v) is 8.87. The van der Waals surface area contributed by atoms with E-state index in [9.17, 15) is 9.59 Å². The summed E-state index contributed by atoms with van der Waals surface area (Å²) in [4.78, 5) is 22.8. The number of hydrogen-bond donors (Lipinski definition) is 0. The third kappa shape index (κ3) is 15.3. The van der Waals surface area contributed by atoms with Crippen molar-refractivity contribution in [2.45, 2.75) is 85.0 Å². The Morgan fingerprint density at radius 2 is 1.27 bits per heavy atom. The lowest BCUT2D eigenvalue weighted by atomic mass is 10.1. The van der Waals surface area contributed by atoms with Crippen molar-refractivity contribution in [3.05, 3.63) is 0 Å². The van der Waals surface area contributed by atoms with Crippen LogP contribution in [-0.2, 0) is 19.1 Å². The normalized spacial score (nSPS) is 10.7. The van der Waals surface area contributed by atoms with Gasteiger partial charge < -0.3 is 9.47 Å². The van der Waals surface area contributed by atoms with Gasteiger partial charge in [0.05, 0.1) is 13.2 Å². The van der Waals surface area contributed by atoms with Gasteiger partial charge in [-0.1, -0.05) is 65.7 Å². The first-order valence-electron chi connectivity index (χ1n) is 8.87. The van der Waals surface area contributed by atoms with Gasteiger partial charge in [0, 0.05) is 0 Å². The summed E-state index contributed by atoms with van der Waals surface area (Å²) in [5, 5.41) is 0. The molecule has 0 saturated heterocycles. The van der Waals surface area contributed by atoms with Crippen LogP contribution in [-0.4, -0.2) is 25.2 Å². The van der Waals surface area contributed by atoms with Gasteiger partial charge in [0.2, 0.25) is 0 Å². The van der Waals surface area contributed by atoms with Crippen LogP contribution in [0.25, 0.3) is 0 Å². The Kier molecular flexibility index (Phi) is 14.1. The molecule has 4 heteroatoms. The van der Waals surface area contributed by atoms with Crippen LogP contribution >= 0.6 is 0 Å². The predicted molar refractivity (Wildman–Crippen MR) is 88.6 cm³/mol. The predicted octanol–water partition coefficient (Wildman–Crippen LogP) is 4.65. The summed E-state index contributed by atoms with van der Waals surface area (Å²) in [6.45, 7) is 7.13. The van der Waals surface area contributed by atoms with E-state index in [1.165, 1.54) is 38.5 Å². The van der Waals surface area contributed by atoms with E-state index < -0.39 is 11.9 Å². The Balaban J connectivity index is 3.36. The largest absolute Gasteiger partial charge is 0.465 e. The molecule has 0 unspecified atom stereocenters. The molecule has 0 saturated carbocycles. The van der Waals surface area contributed by atoms with Crippen molar-refractivity contribution in [2.75, 3.05) is 13.2 Å².